The Kier molecular flexibility index (Phi) is 8.62. The molecule has 0 aliphatic carbocycles. The lowest BCUT2D eigenvalue weighted by Gasteiger charge is -2.17. The smallest absolute Gasteiger partial charge is 0.162 e. The monoisotopic (exact) mass is 406 g/mol. The molecule has 1 atom stereocenters. The summed E-state index contributed by atoms with van der Waals surface area (Å²) >= 11 is 7.44. The molecule has 0 aromatic heterocycles. The fourth-order valence-electron chi connectivity index (χ4n) is 2.06. The molecule has 0 bridgehead atoms. The van der Waals surface area contributed by atoms with E-state index in [1.165, 1.54) is 24.8 Å². The van der Waals surface area contributed by atoms with E-state index in [9.17, 15) is 0 Å². The highest BCUT2D eigenvalue weighted by molar-refractivity contribution is 9.11. The van der Waals surface area contributed by atoms with Crippen LogP contribution in [0.1, 0.15) is 56.8 Å². The first-order valence-electron chi connectivity index (χ1n) is 7.37. The van der Waals surface area contributed by atoms with Crippen LogP contribution in [0.15, 0.2) is 16.6 Å². The van der Waals surface area contributed by atoms with Gasteiger partial charge in [0.1, 0.15) is 0 Å². The van der Waals surface area contributed by atoms with E-state index in [0.29, 0.717) is 18.0 Å². The van der Waals surface area contributed by atoms with E-state index in [4.69, 9.17) is 9.47 Å². The summed E-state index contributed by atoms with van der Waals surface area (Å²) in [4.78, 5) is 0.346. The fraction of sp³-hybridized carbons (Fsp3) is 0.625. The Bertz CT molecular complexity index is 408. The number of halogens is 2. The molecule has 0 heterocycles. The summed E-state index contributed by atoms with van der Waals surface area (Å²) in [5.41, 5.74) is 1.23. The molecule has 1 unspecified atom stereocenters. The molecule has 0 saturated carbocycles. The predicted molar refractivity (Wildman–Crippen MR) is 92.3 cm³/mol. The van der Waals surface area contributed by atoms with Crippen molar-refractivity contribution in [2.24, 2.45) is 0 Å². The van der Waals surface area contributed by atoms with Gasteiger partial charge in [0, 0.05) is 9.30 Å². The summed E-state index contributed by atoms with van der Waals surface area (Å²) < 4.78 is 12.4. The van der Waals surface area contributed by atoms with E-state index in [-0.39, 0.29) is 0 Å². The third kappa shape index (κ3) is 5.28. The summed E-state index contributed by atoms with van der Waals surface area (Å²) in [6.45, 7) is 7.48. The predicted octanol–water partition coefficient (Wildman–Crippen LogP) is 6.26. The second kappa shape index (κ2) is 9.67. The Morgan fingerprint density at radius 3 is 2.15 bits per heavy atom. The molecule has 20 heavy (non-hydrogen) atoms. The van der Waals surface area contributed by atoms with E-state index in [2.05, 4.69) is 44.8 Å². The summed E-state index contributed by atoms with van der Waals surface area (Å²) in [5, 5.41) is 0. The van der Waals surface area contributed by atoms with Gasteiger partial charge in [-0.05, 0) is 38.0 Å². The van der Waals surface area contributed by atoms with Crippen molar-refractivity contribution in [1.82, 2.24) is 0 Å². The maximum absolute atomic E-state index is 5.69. The molecule has 1 aromatic rings. The van der Waals surface area contributed by atoms with Crippen LogP contribution in [0.3, 0.4) is 0 Å². The van der Waals surface area contributed by atoms with E-state index in [1.807, 2.05) is 19.9 Å². The maximum Gasteiger partial charge on any atom is 0.162 e. The fourth-order valence-corrected chi connectivity index (χ4v) is 3.66. The Hall–Kier alpha value is -0.220. The van der Waals surface area contributed by atoms with Crippen LogP contribution in [-0.4, -0.2) is 13.2 Å². The molecule has 114 valence electrons. The highest BCUT2D eigenvalue weighted by Crippen LogP contribution is 2.40. The van der Waals surface area contributed by atoms with E-state index < -0.39 is 0 Å². The number of unbranched alkanes of at least 4 members (excludes halogenated alkanes) is 2. The molecule has 0 amide bonds. The lowest BCUT2D eigenvalue weighted by atomic mass is 10.1. The van der Waals surface area contributed by atoms with Crippen molar-refractivity contribution in [3.63, 3.8) is 0 Å². The summed E-state index contributed by atoms with van der Waals surface area (Å²) in [5.74, 6) is 1.63. The van der Waals surface area contributed by atoms with Crippen molar-refractivity contribution in [3.05, 3.63) is 22.2 Å². The van der Waals surface area contributed by atoms with Gasteiger partial charge in [0.15, 0.2) is 11.5 Å². The second-order valence-electron chi connectivity index (χ2n) is 4.65. The third-order valence-corrected chi connectivity index (χ3v) is 4.70. The van der Waals surface area contributed by atoms with Crippen LogP contribution >= 0.6 is 31.9 Å². The topological polar surface area (TPSA) is 18.5 Å². The molecule has 0 saturated heterocycles. The van der Waals surface area contributed by atoms with Gasteiger partial charge in [-0.2, -0.15) is 0 Å². The van der Waals surface area contributed by atoms with Gasteiger partial charge in [0.05, 0.1) is 13.2 Å². The van der Waals surface area contributed by atoms with Gasteiger partial charge >= 0.3 is 0 Å². The van der Waals surface area contributed by atoms with Crippen molar-refractivity contribution in [3.8, 4) is 11.5 Å². The molecule has 0 aliphatic rings. The van der Waals surface area contributed by atoms with Crippen LogP contribution < -0.4 is 9.47 Å². The minimum Gasteiger partial charge on any atom is -0.490 e. The molecule has 0 aliphatic heterocycles. The maximum atomic E-state index is 5.69. The number of benzene rings is 1. The Morgan fingerprint density at radius 2 is 1.60 bits per heavy atom. The molecular weight excluding hydrogens is 384 g/mol. The van der Waals surface area contributed by atoms with Crippen LogP contribution in [-0.2, 0) is 0 Å². The minimum atomic E-state index is 0.346. The van der Waals surface area contributed by atoms with Crippen molar-refractivity contribution in [2.45, 2.75) is 51.3 Å². The average molecular weight is 408 g/mol. The van der Waals surface area contributed by atoms with Crippen LogP contribution in [0.5, 0.6) is 11.5 Å². The molecule has 1 rings (SSSR count). The number of ether oxygens (including phenoxy) is 2. The van der Waals surface area contributed by atoms with Gasteiger partial charge in [-0.1, -0.05) is 58.0 Å². The first-order chi connectivity index (χ1) is 9.63. The largest absolute Gasteiger partial charge is 0.490 e. The molecule has 0 spiro atoms. The van der Waals surface area contributed by atoms with Crippen LogP contribution in [0.2, 0.25) is 0 Å². The summed E-state index contributed by atoms with van der Waals surface area (Å²) in [7, 11) is 0. The van der Waals surface area contributed by atoms with Crippen LogP contribution in [0, 0.1) is 0 Å². The zero-order valence-electron chi connectivity index (χ0n) is 12.5. The third-order valence-electron chi connectivity index (χ3n) is 3.06. The summed E-state index contributed by atoms with van der Waals surface area (Å²) in [6.07, 6.45) is 4.88. The molecule has 0 N–H and O–H groups in total. The molecule has 4 heteroatoms. The van der Waals surface area contributed by atoms with Crippen molar-refractivity contribution in [2.75, 3.05) is 13.2 Å². The van der Waals surface area contributed by atoms with Crippen molar-refractivity contribution in [1.29, 1.82) is 0 Å². The molecular formula is C16H24Br2O2. The molecule has 1 aromatic carbocycles. The van der Waals surface area contributed by atoms with Crippen LogP contribution in [0.25, 0.3) is 0 Å². The normalized spacial score (nSPS) is 12.2. The first-order valence-corrected chi connectivity index (χ1v) is 9.07. The Morgan fingerprint density at radius 1 is 1.00 bits per heavy atom. The van der Waals surface area contributed by atoms with Crippen molar-refractivity contribution < 1.29 is 9.47 Å². The van der Waals surface area contributed by atoms with Crippen molar-refractivity contribution >= 4 is 31.9 Å². The highest BCUT2D eigenvalue weighted by Gasteiger charge is 2.16. The molecule has 2 nitrogen and oxygen atoms in total. The Labute approximate surface area is 139 Å². The van der Waals surface area contributed by atoms with Crippen LogP contribution in [0.4, 0.5) is 0 Å². The first kappa shape index (κ1) is 17.8. The minimum absolute atomic E-state index is 0.346. The zero-order chi connectivity index (χ0) is 15.0. The highest BCUT2D eigenvalue weighted by atomic mass is 79.9. The molecule has 0 radical (unpaired) electrons. The van der Waals surface area contributed by atoms with E-state index in [1.54, 1.807) is 0 Å². The second-order valence-corrected chi connectivity index (χ2v) is 6.61. The number of hydrogen-bond acceptors (Lipinski definition) is 2. The SMILES string of the molecule is CCCCCC(Br)c1cc(OCC)c(OCC)cc1Br. The van der Waals surface area contributed by atoms with Gasteiger partial charge in [-0.25, -0.2) is 0 Å². The standard InChI is InChI=1S/C16H24Br2O2/c1-4-7-8-9-13(17)12-10-15(19-5-2)16(20-6-3)11-14(12)18/h10-11,13H,4-9H2,1-3H3. The van der Waals surface area contributed by atoms with Gasteiger partial charge in [-0.3, -0.25) is 0 Å². The number of rotatable bonds is 9. The van der Waals surface area contributed by atoms with Gasteiger partial charge in [0.2, 0.25) is 0 Å². The van der Waals surface area contributed by atoms with E-state index >= 15 is 0 Å². The van der Waals surface area contributed by atoms with Gasteiger partial charge in [0.25, 0.3) is 0 Å². The van der Waals surface area contributed by atoms with Gasteiger partial charge in [-0.15, -0.1) is 0 Å². The lowest BCUT2D eigenvalue weighted by Crippen LogP contribution is -2.01. The number of alkyl halides is 1. The lowest BCUT2D eigenvalue weighted by molar-refractivity contribution is 0.287. The Balaban J connectivity index is 2.92. The van der Waals surface area contributed by atoms with E-state index in [0.717, 1.165) is 22.4 Å². The zero-order valence-corrected chi connectivity index (χ0v) is 15.7. The molecule has 0 fully saturated rings. The summed E-state index contributed by atoms with van der Waals surface area (Å²) in [6, 6.07) is 4.10. The quantitative estimate of drug-likeness (QED) is 0.355. The average Bonchev–Trinajstić information content (AvgIpc) is 2.42. The van der Waals surface area contributed by atoms with Gasteiger partial charge < -0.3 is 9.47 Å². The number of hydrogen-bond donors (Lipinski definition) is 0.